The fourth-order valence-electron chi connectivity index (χ4n) is 2.87. The SMILES string of the molecule is CC(C)CCOC1(CNC2CC2)CCCCCC1. The van der Waals surface area contributed by atoms with Gasteiger partial charge in [-0.25, -0.2) is 0 Å². The Labute approximate surface area is 113 Å². The van der Waals surface area contributed by atoms with Crippen molar-refractivity contribution in [1.82, 2.24) is 5.32 Å². The minimum atomic E-state index is 0.161. The molecule has 2 aliphatic rings. The van der Waals surface area contributed by atoms with E-state index in [2.05, 4.69) is 19.2 Å². The molecule has 0 aromatic carbocycles. The highest BCUT2D eigenvalue weighted by Crippen LogP contribution is 2.31. The van der Waals surface area contributed by atoms with Crippen molar-refractivity contribution in [3.05, 3.63) is 0 Å². The predicted octanol–water partition coefficient (Wildman–Crippen LogP) is 3.89. The van der Waals surface area contributed by atoms with E-state index in [9.17, 15) is 0 Å². The fourth-order valence-corrected chi connectivity index (χ4v) is 2.87. The molecule has 0 aromatic rings. The highest BCUT2D eigenvalue weighted by molar-refractivity contribution is 4.90. The van der Waals surface area contributed by atoms with E-state index in [4.69, 9.17) is 4.74 Å². The van der Waals surface area contributed by atoms with Crippen molar-refractivity contribution in [1.29, 1.82) is 0 Å². The van der Waals surface area contributed by atoms with Crippen molar-refractivity contribution in [3.8, 4) is 0 Å². The molecular weight excluding hydrogens is 222 g/mol. The Hall–Kier alpha value is -0.0800. The summed E-state index contributed by atoms with van der Waals surface area (Å²) >= 11 is 0. The molecule has 0 spiro atoms. The molecule has 2 rings (SSSR count). The van der Waals surface area contributed by atoms with Gasteiger partial charge in [0, 0.05) is 19.2 Å². The largest absolute Gasteiger partial charge is 0.374 e. The molecule has 0 unspecified atom stereocenters. The Kier molecular flexibility index (Phi) is 5.50. The van der Waals surface area contributed by atoms with Crippen LogP contribution in [-0.4, -0.2) is 24.8 Å². The molecule has 2 fully saturated rings. The van der Waals surface area contributed by atoms with Gasteiger partial charge >= 0.3 is 0 Å². The van der Waals surface area contributed by atoms with Gasteiger partial charge in [0.05, 0.1) is 5.60 Å². The number of hydrogen-bond donors (Lipinski definition) is 1. The van der Waals surface area contributed by atoms with Crippen LogP contribution in [0.15, 0.2) is 0 Å². The first-order valence-electron chi connectivity index (χ1n) is 8.08. The van der Waals surface area contributed by atoms with Gasteiger partial charge in [-0.15, -0.1) is 0 Å². The van der Waals surface area contributed by atoms with E-state index in [0.29, 0.717) is 0 Å². The second-order valence-electron chi connectivity index (χ2n) is 6.78. The van der Waals surface area contributed by atoms with E-state index >= 15 is 0 Å². The number of nitrogens with one attached hydrogen (secondary N) is 1. The van der Waals surface area contributed by atoms with Crippen LogP contribution in [0, 0.1) is 5.92 Å². The molecule has 0 bridgehead atoms. The van der Waals surface area contributed by atoms with Crippen LogP contribution in [-0.2, 0) is 4.74 Å². The molecule has 0 saturated heterocycles. The van der Waals surface area contributed by atoms with Gasteiger partial charge in [-0.05, 0) is 38.0 Å². The van der Waals surface area contributed by atoms with Crippen molar-refractivity contribution in [2.75, 3.05) is 13.2 Å². The summed E-state index contributed by atoms with van der Waals surface area (Å²) < 4.78 is 6.38. The monoisotopic (exact) mass is 253 g/mol. The van der Waals surface area contributed by atoms with Crippen molar-refractivity contribution < 1.29 is 4.74 Å². The lowest BCUT2D eigenvalue weighted by Gasteiger charge is -2.34. The summed E-state index contributed by atoms with van der Waals surface area (Å²) in [6.07, 6.45) is 12.0. The Morgan fingerprint density at radius 1 is 1.11 bits per heavy atom. The van der Waals surface area contributed by atoms with Gasteiger partial charge in [0.25, 0.3) is 0 Å². The van der Waals surface area contributed by atoms with Gasteiger partial charge < -0.3 is 10.1 Å². The molecule has 2 saturated carbocycles. The lowest BCUT2D eigenvalue weighted by atomic mass is 9.93. The number of hydrogen-bond acceptors (Lipinski definition) is 2. The minimum absolute atomic E-state index is 0.161. The van der Waals surface area contributed by atoms with Gasteiger partial charge in [0.15, 0.2) is 0 Å². The van der Waals surface area contributed by atoms with Crippen LogP contribution in [0.3, 0.4) is 0 Å². The molecule has 2 nitrogen and oxygen atoms in total. The highest BCUT2D eigenvalue weighted by atomic mass is 16.5. The van der Waals surface area contributed by atoms with E-state index in [1.54, 1.807) is 0 Å². The Balaban J connectivity index is 1.82. The zero-order chi connectivity index (χ0) is 12.8. The maximum absolute atomic E-state index is 6.38. The lowest BCUT2D eigenvalue weighted by molar-refractivity contribution is -0.0586. The van der Waals surface area contributed by atoms with Gasteiger partial charge in [0.2, 0.25) is 0 Å². The second kappa shape index (κ2) is 6.91. The summed E-state index contributed by atoms with van der Waals surface area (Å²) in [6, 6.07) is 0.804. The molecule has 0 aliphatic heterocycles. The Morgan fingerprint density at radius 2 is 1.78 bits per heavy atom. The molecule has 2 aliphatic carbocycles. The highest BCUT2D eigenvalue weighted by Gasteiger charge is 2.33. The maximum Gasteiger partial charge on any atom is 0.0806 e. The fraction of sp³-hybridized carbons (Fsp3) is 1.00. The van der Waals surface area contributed by atoms with Gasteiger partial charge in [-0.3, -0.25) is 0 Å². The van der Waals surface area contributed by atoms with E-state index in [1.165, 1.54) is 57.8 Å². The van der Waals surface area contributed by atoms with Crippen LogP contribution < -0.4 is 5.32 Å². The first-order chi connectivity index (χ1) is 8.70. The summed E-state index contributed by atoms with van der Waals surface area (Å²) in [4.78, 5) is 0. The second-order valence-corrected chi connectivity index (χ2v) is 6.78. The summed E-state index contributed by atoms with van der Waals surface area (Å²) in [7, 11) is 0. The molecule has 0 heterocycles. The molecule has 106 valence electrons. The quantitative estimate of drug-likeness (QED) is 0.695. The average Bonchev–Trinajstić information content (AvgIpc) is 3.14. The zero-order valence-corrected chi connectivity index (χ0v) is 12.3. The summed E-state index contributed by atoms with van der Waals surface area (Å²) in [5.74, 6) is 0.754. The van der Waals surface area contributed by atoms with Crippen molar-refractivity contribution in [3.63, 3.8) is 0 Å². The van der Waals surface area contributed by atoms with Crippen molar-refractivity contribution in [2.45, 2.75) is 83.3 Å². The lowest BCUT2D eigenvalue weighted by Crippen LogP contribution is -2.44. The third kappa shape index (κ3) is 4.89. The van der Waals surface area contributed by atoms with Crippen LogP contribution in [0.4, 0.5) is 0 Å². The topological polar surface area (TPSA) is 21.3 Å². The zero-order valence-electron chi connectivity index (χ0n) is 12.3. The van der Waals surface area contributed by atoms with Crippen molar-refractivity contribution in [2.24, 2.45) is 5.92 Å². The summed E-state index contributed by atoms with van der Waals surface area (Å²) in [6.45, 7) is 6.61. The normalized spacial score (nSPS) is 24.2. The maximum atomic E-state index is 6.38. The van der Waals surface area contributed by atoms with Crippen molar-refractivity contribution >= 4 is 0 Å². The van der Waals surface area contributed by atoms with Crippen LogP contribution in [0.2, 0.25) is 0 Å². The van der Waals surface area contributed by atoms with E-state index in [0.717, 1.165) is 25.1 Å². The predicted molar refractivity (Wildman–Crippen MR) is 76.9 cm³/mol. The average molecular weight is 253 g/mol. The first kappa shape index (κ1) is 14.3. The van der Waals surface area contributed by atoms with E-state index in [-0.39, 0.29) is 5.60 Å². The van der Waals surface area contributed by atoms with Crippen LogP contribution in [0.1, 0.15) is 71.6 Å². The molecule has 2 heteroatoms. The molecular formula is C16H31NO. The third-order valence-corrected chi connectivity index (χ3v) is 4.41. The minimum Gasteiger partial charge on any atom is -0.374 e. The number of rotatable bonds is 7. The van der Waals surface area contributed by atoms with Crippen LogP contribution >= 0.6 is 0 Å². The Bertz CT molecular complexity index is 227. The smallest absolute Gasteiger partial charge is 0.0806 e. The van der Waals surface area contributed by atoms with E-state index < -0.39 is 0 Å². The molecule has 18 heavy (non-hydrogen) atoms. The summed E-state index contributed by atoms with van der Waals surface area (Å²) in [5, 5.41) is 3.71. The Morgan fingerprint density at radius 3 is 2.33 bits per heavy atom. The summed E-state index contributed by atoms with van der Waals surface area (Å²) in [5.41, 5.74) is 0.161. The molecule has 0 radical (unpaired) electrons. The molecule has 0 atom stereocenters. The van der Waals surface area contributed by atoms with Gasteiger partial charge in [-0.2, -0.15) is 0 Å². The van der Waals surface area contributed by atoms with Gasteiger partial charge in [-0.1, -0.05) is 39.5 Å². The first-order valence-corrected chi connectivity index (χ1v) is 8.08. The molecule has 0 amide bonds. The molecule has 1 N–H and O–H groups in total. The van der Waals surface area contributed by atoms with Crippen LogP contribution in [0.25, 0.3) is 0 Å². The molecule has 0 aromatic heterocycles. The standard InChI is InChI=1S/C16H31NO/c1-14(2)9-12-18-16(13-17-15-7-8-15)10-5-3-4-6-11-16/h14-15,17H,3-13H2,1-2H3. The number of ether oxygens (including phenoxy) is 1. The third-order valence-electron chi connectivity index (χ3n) is 4.41. The van der Waals surface area contributed by atoms with E-state index in [1.807, 2.05) is 0 Å². The van der Waals surface area contributed by atoms with Gasteiger partial charge in [0.1, 0.15) is 0 Å². The van der Waals surface area contributed by atoms with Crippen LogP contribution in [0.5, 0.6) is 0 Å².